The SMILES string of the molecule is CCC(CCN)NC(=O)NC. The number of amides is 2. The van der Waals surface area contributed by atoms with Crippen molar-refractivity contribution < 1.29 is 4.79 Å². The van der Waals surface area contributed by atoms with Crippen molar-refractivity contribution >= 4 is 6.03 Å². The highest BCUT2D eigenvalue weighted by Crippen LogP contribution is 1.94. The molecule has 11 heavy (non-hydrogen) atoms. The molecule has 4 nitrogen and oxygen atoms in total. The van der Waals surface area contributed by atoms with E-state index in [1.807, 2.05) is 6.92 Å². The predicted molar refractivity (Wildman–Crippen MR) is 45.3 cm³/mol. The van der Waals surface area contributed by atoms with E-state index in [-0.39, 0.29) is 12.1 Å². The lowest BCUT2D eigenvalue weighted by Gasteiger charge is -2.14. The fourth-order valence-corrected chi connectivity index (χ4v) is 0.837. The summed E-state index contributed by atoms with van der Waals surface area (Å²) in [6, 6.07) is 0.0743. The van der Waals surface area contributed by atoms with Gasteiger partial charge in [-0.2, -0.15) is 0 Å². The smallest absolute Gasteiger partial charge is 0.314 e. The van der Waals surface area contributed by atoms with Gasteiger partial charge < -0.3 is 16.4 Å². The standard InChI is InChI=1S/C7H17N3O/c1-3-6(4-5-8)10-7(11)9-2/h6H,3-5,8H2,1-2H3,(H2,9,10,11). The number of urea groups is 1. The second-order valence-electron chi connectivity index (χ2n) is 2.41. The van der Waals surface area contributed by atoms with Gasteiger partial charge >= 0.3 is 6.03 Å². The third kappa shape index (κ3) is 4.61. The van der Waals surface area contributed by atoms with E-state index in [0.717, 1.165) is 12.8 Å². The number of carbonyl (C=O) groups excluding carboxylic acids is 1. The van der Waals surface area contributed by atoms with Gasteiger partial charge in [0.2, 0.25) is 0 Å². The highest BCUT2D eigenvalue weighted by atomic mass is 16.2. The minimum absolute atomic E-state index is 0.134. The highest BCUT2D eigenvalue weighted by Gasteiger charge is 2.06. The van der Waals surface area contributed by atoms with E-state index in [1.54, 1.807) is 7.05 Å². The molecule has 0 aliphatic heterocycles. The summed E-state index contributed by atoms with van der Waals surface area (Å²) in [5.41, 5.74) is 5.35. The van der Waals surface area contributed by atoms with E-state index in [4.69, 9.17) is 5.73 Å². The lowest BCUT2D eigenvalue weighted by molar-refractivity contribution is 0.238. The first-order valence-corrected chi connectivity index (χ1v) is 3.92. The number of hydrogen-bond acceptors (Lipinski definition) is 2. The predicted octanol–water partition coefficient (Wildman–Crippen LogP) is 0.0428. The molecule has 0 fully saturated rings. The fraction of sp³-hybridized carbons (Fsp3) is 0.857. The summed E-state index contributed by atoms with van der Waals surface area (Å²) >= 11 is 0. The molecule has 4 heteroatoms. The Morgan fingerprint density at radius 3 is 2.64 bits per heavy atom. The maximum atomic E-state index is 10.8. The summed E-state index contributed by atoms with van der Waals surface area (Å²) in [6.07, 6.45) is 1.76. The Morgan fingerprint density at radius 1 is 1.64 bits per heavy atom. The topological polar surface area (TPSA) is 67.1 Å². The zero-order valence-electron chi connectivity index (χ0n) is 7.18. The van der Waals surface area contributed by atoms with Crippen LogP contribution in [0.2, 0.25) is 0 Å². The molecule has 0 aliphatic rings. The van der Waals surface area contributed by atoms with Crippen molar-refractivity contribution in [2.75, 3.05) is 13.6 Å². The minimum atomic E-state index is -0.134. The molecular weight excluding hydrogens is 142 g/mol. The van der Waals surface area contributed by atoms with Gasteiger partial charge in [-0.3, -0.25) is 0 Å². The summed E-state index contributed by atoms with van der Waals surface area (Å²) in [6.45, 7) is 2.64. The van der Waals surface area contributed by atoms with Crippen molar-refractivity contribution in [3.8, 4) is 0 Å². The van der Waals surface area contributed by atoms with Gasteiger partial charge in [-0.15, -0.1) is 0 Å². The maximum absolute atomic E-state index is 10.8. The first-order valence-electron chi connectivity index (χ1n) is 3.92. The average molecular weight is 159 g/mol. The summed E-state index contributed by atoms with van der Waals surface area (Å²) in [5.74, 6) is 0. The van der Waals surface area contributed by atoms with Gasteiger partial charge in [-0.25, -0.2) is 4.79 Å². The lowest BCUT2D eigenvalue weighted by Crippen LogP contribution is -2.41. The van der Waals surface area contributed by atoms with Gasteiger partial charge in [0.05, 0.1) is 0 Å². The van der Waals surface area contributed by atoms with E-state index in [9.17, 15) is 4.79 Å². The summed E-state index contributed by atoms with van der Waals surface area (Å²) < 4.78 is 0. The Hall–Kier alpha value is -0.770. The van der Waals surface area contributed by atoms with Crippen LogP contribution in [0.5, 0.6) is 0 Å². The van der Waals surface area contributed by atoms with Gasteiger partial charge in [-0.1, -0.05) is 6.92 Å². The molecule has 0 aromatic carbocycles. The monoisotopic (exact) mass is 159 g/mol. The molecule has 2 amide bonds. The van der Waals surface area contributed by atoms with Crippen molar-refractivity contribution in [3.05, 3.63) is 0 Å². The van der Waals surface area contributed by atoms with Crippen LogP contribution in [0.25, 0.3) is 0 Å². The maximum Gasteiger partial charge on any atom is 0.314 e. The molecule has 0 saturated carbocycles. The Kier molecular flexibility index (Phi) is 5.56. The summed E-state index contributed by atoms with van der Waals surface area (Å²) in [5, 5.41) is 5.28. The molecule has 1 atom stereocenters. The van der Waals surface area contributed by atoms with Crippen LogP contribution in [-0.2, 0) is 0 Å². The molecule has 0 bridgehead atoms. The first kappa shape index (κ1) is 10.2. The number of hydrogen-bond donors (Lipinski definition) is 3. The second-order valence-corrected chi connectivity index (χ2v) is 2.41. The third-order valence-corrected chi connectivity index (χ3v) is 1.57. The molecule has 0 heterocycles. The molecule has 0 aliphatic carbocycles. The van der Waals surface area contributed by atoms with Crippen molar-refractivity contribution in [1.29, 1.82) is 0 Å². The van der Waals surface area contributed by atoms with Gasteiger partial charge in [0.15, 0.2) is 0 Å². The third-order valence-electron chi connectivity index (χ3n) is 1.57. The lowest BCUT2D eigenvalue weighted by atomic mass is 10.1. The Balaban J connectivity index is 3.58. The van der Waals surface area contributed by atoms with E-state index < -0.39 is 0 Å². The summed E-state index contributed by atoms with van der Waals surface area (Å²) in [4.78, 5) is 10.8. The van der Waals surface area contributed by atoms with E-state index in [2.05, 4.69) is 10.6 Å². The van der Waals surface area contributed by atoms with Gasteiger partial charge in [0.25, 0.3) is 0 Å². The van der Waals surface area contributed by atoms with E-state index in [0.29, 0.717) is 6.54 Å². The van der Waals surface area contributed by atoms with Crippen molar-refractivity contribution in [2.45, 2.75) is 25.8 Å². The van der Waals surface area contributed by atoms with Gasteiger partial charge in [0.1, 0.15) is 0 Å². The fourth-order valence-electron chi connectivity index (χ4n) is 0.837. The van der Waals surface area contributed by atoms with Crippen molar-refractivity contribution in [1.82, 2.24) is 10.6 Å². The van der Waals surface area contributed by atoms with Gasteiger partial charge in [0, 0.05) is 13.1 Å². The van der Waals surface area contributed by atoms with Crippen LogP contribution < -0.4 is 16.4 Å². The molecule has 0 aromatic heterocycles. The number of nitrogens with one attached hydrogen (secondary N) is 2. The molecule has 0 rings (SSSR count). The van der Waals surface area contributed by atoms with Crippen molar-refractivity contribution in [2.24, 2.45) is 5.73 Å². The highest BCUT2D eigenvalue weighted by molar-refractivity contribution is 5.73. The van der Waals surface area contributed by atoms with Crippen LogP contribution >= 0.6 is 0 Å². The van der Waals surface area contributed by atoms with Crippen LogP contribution in [0, 0.1) is 0 Å². The molecular formula is C7H17N3O. The molecule has 0 spiro atoms. The molecule has 0 aromatic rings. The zero-order valence-corrected chi connectivity index (χ0v) is 7.18. The quantitative estimate of drug-likeness (QED) is 0.542. The summed E-state index contributed by atoms with van der Waals surface area (Å²) in [7, 11) is 1.60. The van der Waals surface area contributed by atoms with Crippen LogP contribution in [0.4, 0.5) is 4.79 Å². The first-order chi connectivity index (χ1) is 5.24. The Labute approximate surface area is 67.5 Å². The number of rotatable bonds is 4. The molecule has 4 N–H and O–H groups in total. The van der Waals surface area contributed by atoms with Crippen LogP contribution in [0.3, 0.4) is 0 Å². The van der Waals surface area contributed by atoms with Crippen molar-refractivity contribution in [3.63, 3.8) is 0 Å². The largest absolute Gasteiger partial charge is 0.341 e. The molecule has 1 unspecified atom stereocenters. The normalized spacial score (nSPS) is 12.3. The number of carbonyl (C=O) groups is 1. The average Bonchev–Trinajstić information content (AvgIpc) is 2.03. The Bertz CT molecular complexity index is 116. The van der Waals surface area contributed by atoms with Crippen LogP contribution in [0.15, 0.2) is 0 Å². The number of nitrogens with two attached hydrogens (primary N) is 1. The van der Waals surface area contributed by atoms with Crippen LogP contribution in [-0.4, -0.2) is 25.7 Å². The van der Waals surface area contributed by atoms with E-state index >= 15 is 0 Å². The molecule has 0 saturated heterocycles. The van der Waals surface area contributed by atoms with Gasteiger partial charge in [-0.05, 0) is 19.4 Å². The van der Waals surface area contributed by atoms with Crippen LogP contribution in [0.1, 0.15) is 19.8 Å². The molecule has 66 valence electrons. The molecule has 0 radical (unpaired) electrons. The zero-order chi connectivity index (χ0) is 8.69. The second kappa shape index (κ2) is 5.97. The Morgan fingerprint density at radius 2 is 2.27 bits per heavy atom. The minimum Gasteiger partial charge on any atom is -0.341 e. The van der Waals surface area contributed by atoms with E-state index in [1.165, 1.54) is 0 Å².